The van der Waals surface area contributed by atoms with Crippen LogP contribution in [0.2, 0.25) is 0 Å². The molecule has 0 N–H and O–H groups in total. The van der Waals surface area contributed by atoms with Crippen molar-refractivity contribution in [1.29, 1.82) is 0 Å². The largest absolute Gasteiger partial charge is 0.340 e. The van der Waals surface area contributed by atoms with Crippen molar-refractivity contribution in [3.05, 3.63) is 36.7 Å². The van der Waals surface area contributed by atoms with E-state index in [-0.39, 0.29) is 17.3 Å². The molecule has 1 aliphatic heterocycles. The number of fused-ring (bicyclic) bond motifs is 1. The number of nitrogens with zero attached hydrogens (tertiary/aromatic N) is 3. The Morgan fingerprint density at radius 3 is 2.76 bits per heavy atom. The van der Waals surface area contributed by atoms with Crippen molar-refractivity contribution in [2.24, 2.45) is 0 Å². The van der Waals surface area contributed by atoms with E-state index in [1.807, 2.05) is 6.07 Å². The molecule has 0 saturated carbocycles. The van der Waals surface area contributed by atoms with Crippen LogP contribution in [0.4, 0.5) is 0 Å². The molecular weight excluding hydrogens is 362 g/mol. The maximum atomic E-state index is 13.1. The molecule has 6 nitrogen and oxygen atoms in total. The molecule has 0 spiro atoms. The van der Waals surface area contributed by atoms with E-state index in [0.717, 1.165) is 5.39 Å². The van der Waals surface area contributed by atoms with Crippen LogP contribution in [0.25, 0.3) is 10.8 Å². The highest BCUT2D eigenvalue weighted by Gasteiger charge is 2.30. The summed E-state index contributed by atoms with van der Waals surface area (Å²) in [5.41, 5.74) is 0. The normalized spacial score (nSPS) is 18.1. The molecule has 0 bridgehead atoms. The highest BCUT2D eigenvalue weighted by atomic mass is 35.5. The number of hydrogen-bond donors (Lipinski definition) is 0. The first-order chi connectivity index (χ1) is 11.9. The second-order valence-corrected chi connectivity index (χ2v) is 8.61. The number of alkyl halides is 1. The quantitative estimate of drug-likeness (QED) is 0.763. The average molecular weight is 382 g/mol. The minimum absolute atomic E-state index is 0.155. The van der Waals surface area contributed by atoms with Crippen LogP contribution >= 0.6 is 11.6 Å². The SMILES string of the molecule is CC(Cl)C(=O)N1CCCN(S(=O)(=O)c2cccc3cnccc23)CC1. The van der Waals surface area contributed by atoms with Gasteiger partial charge in [-0.2, -0.15) is 4.31 Å². The van der Waals surface area contributed by atoms with Gasteiger partial charge in [0.1, 0.15) is 5.38 Å². The number of sulfonamides is 1. The zero-order valence-corrected chi connectivity index (χ0v) is 15.5. The van der Waals surface area contributed by atoms with Gasteiger partial charge in [0.25, 0.3) is 0 Å². The maximum absolute atomic E-state index is 13.1. The number of aromatic nitrogens is 1. The molecular formula is C17H20ClN3O3S. The van der Waals surface area contributed by atoms with Gasteiger partial charge < -0.3 is 4.90 Å². The van der Waals surface area contributed by atoms with Crippen LogP contribution in [-0.2, 0) is 14.8 Å². The lowest BCUT2D eigenvalue weighted by Crippen LogP contribution is -2.39. The van der Waals surface area contributed by atoms with E-state index in [4.69, 9.17) is 11.6 Å². The van der Waals surface area contributed by atoms with Gasteiger partial charge >= 0.3 is 0 Å². The lowest BCUT2D eigenvalue weighted by atomic mass is 10.2. The van der Waals surface area contributed by atoms with Gasteiger partial charge in [0.05, 0.1) is 4.90 Å². The molecule has 8 heteroatoms. The summed E-state index contributed by atoms with van der Waals surface area (Å²) in [6, 6.07) is 6.89. The molecule has 1 atom stereocenters. The summed E-state index contributed by atoms with van der Waals surface area (Å²) in [5.74, 6) is -0.155. The Hall–Kier alpha value is -1.70. The van der Waals surface area contributed by atoms with E-state index in [9.17, 15) is 13.2 Å². The van der Waals surface area contributed by atoms with E-state index >= 15 is 0 Å². The molecule has 2 aromatic rings. The predicted octanol–water partition coefficient (Wildman–Crippen LogP) is 2.09. The molecule has 1 aliphatic rings. The van der Waals surface area contributed by atoms with Crippen molar-refractivity contribution in [3.8, 4) is 0 Å². The second kappa shape index (κ2) is 7.27. The highest BCUT2D eigenvalue weighted by Crippen LogP contribution is 2.26. The van der Waals surface area contributed by atoms with Crippen LogP contribution in [0.1, 0.15) is 13.3 Å². The lowest BCUT2D eigenvalue weighted by molar-refractivity contribution is -0.130. The van der Waals surface area contributed by atoms with Crippen molar-refractivity contribution < 1.29 is 13.2 Å². The number of rotatable bonds is 3. The van der Waals surface area contributed by atoms with Crippen LogP contribution < -0.4 is 0 Å². The fourth-order valence-electron chi connectivity index (χ4n) is 3.06. The molecule has 0 radical (unpaired) electrons. The zero-order valence-electron chi connectivity index (χ0n) is 13.9. The fourth-order valence-corrected chi connectivity index (χ4v) is 4.88. The number of amides is 1. The van der Waals surface area contributed by atoms with E-state index in [1.54, 1.807) is 42.4 Å². The van der Waals surface area contributed by atoms with Crippen LogP contribution in [0.15, 0.2) is 41.6 Å². The molecule has 1 aromatic heterocycles. The van der Waals surface area contributed by atoms with Crippen molar-refractivity contribution in [3.63, 3.8) is 0 Å². The van der Waals surface area contributed by atoms with Crippen molar-refractivity contribution in [1.82, 2.24) is 14.2 Å². The monoisotopic (exact) mass is 381 g/mol. The Labute approximate surface area is 152 Å². The van der Waals surface area contributed by atoms with Crippen molar-refractivity contribution in [2.45, 2.75) is 23.6 Å². The number of carbonyl (C=O) groups excluding carboxylic acids is 1. The Kier molecular flexibility index (Phi) is 5.27. The minimum atomic E-state index is -3.65. The zero-order chi connectivity index (χ0) is 18.0. The van der Waals surface area contributed by atoms with Crippen molar-refractivity contribution >= 4 is 38.3 Å². The number of carbonyl (C=O) groups is 1. The first-order valence-electron chi connectivity index (χ1n) is 8.17. The van der Waals surface area contributed by atoms with Gasteiger partial charge in [-0.3, -0.25) is 9.78 Å². The third-order valence-corrected chi connectivity index (χ3v) is 6.51. The Bertz CT molecular complexity index is 880. The molecule has 25 heavy (non-hydrogen) atoms. The van der Waals surface area contributed by atoms with Gasteiger partial charge in [0.15, 0.2) is 0 Å². The first kappa shape index (κ1) is 18.1. The smallest absolute Gasteiger partial charge is 0.243 e. The topological polar surface area (TPSA) is 70.6 Å². The Morgan fingerprint density at radius 1 is 1.20 bits per heavy atom. The summed E-state index contributed by atoms with van der Waals surface area (Å²) in [5, 5.41) is 0.837. The molecule has 0 aliphatic carbocycles. The summed E-state index contributed by atoms with van der Waals surface area (Å²) in [6.45, 7) is 3.14. The second-order valence-electron chi connectivity index (χ2n) is 6.05. The van der Waals surface area contributed by atoms with E-state index in [2.05, 4.69) is 4.98 Å². The average Bonchev–Trinajstić information content (AvgIpc) is 2.87. The summed E-state index contributed by atoms with van der Waals surface area (Å²) < 4.78 is 27.7. The molecule has 1 fully saturated rings. The molecule has 1 amide bonds. The summed E-state index contributed by atoms with van der Waals surface area (Å²) in [6.07, 6.45) is 3.83. The molecule has 1 saturated heterocycles. The Balaban J connectivity index is 1.89. The van der Waals surface area contributed by atoms with Crippen LogP contribution in [0.5, 0.6) is 0 Å². The number of pyridine rings is 1. The number of halogens is 1. The predicted molar refractivity (Wildman–Crippen MR) is 97.0 cm³/mol. The summed E-state index contributed by atoms with van der Waals surface area (Å²) in [7, 11) is -3.65. The molecule has 1 aromatic carbocycles. The summed E-state index contributed by atoms with van der Waals surface area (Å²) in [4.78, 5) is 18.0. The maximum Gasteiger partial charge on any atom is 0.243 e. The highest BCUT2D eigenvalue weighted by molar-refractivity contribution is 7.89. The third-order valence-electron chi connectivity index (χ3n) is 4.37. The molecule has 134 valence electrons. The molecule has 1 unspecified atom stereocenters. The lowest BCUT2D eigenvalue weighted by Gasteiger charge is -2.23. The summed E-state index contributed by atoms with van der Waals surface area (Å²) >= 11 is 5.87. The van der Waals surface area contributed by atoms with Crippen molar-refractivity contribution in [2.75, 3.05) is 26.2 Å². The van der Waals surface area contributed by atoms with Crippen LogP contribution in [0, 0.1) is 0 Å². The van der Waals surface area contributed by atoms with Gasteiger partial charge in [0.2, 0.25) is 15.9 Å². The third kappa shape index (κ3) is 3.63. The molecule has 2 heterocycles. The fraction of sp³-hybridized carbons (Fsp3) is 0.412. The van der Waals surface area contributed by atoms with Gasteiger partial charge in [-0.1, -0.05) is 12.1 Å². The Morgan fingerprint density at radius 2 is 2.00 bits per heavy atom. The van der Waals surface area contributed by atoms with Gasteiger partial charge in [-0.15, -0.1) is 11.6 Å². The number of benzene rings is 1. The van der Waals surface area contributed by atoms with Crippen LogP contribution in [0.3, 0.4) is 0 Å². The number of hydrogen-bond acceptors (Lipinski definition) is 4. The van der Waals surface area contributed by atoms with Gasteiger partial charge in [-0.05, 0) is 25.5 Å². The van der Waals surface area contributed by atoms with E-state index in [0.29, 0.717) is 31.4 Å². The van der Waals surface area contributed by atoms with E-state index < -0.39 is 15.4 Å². The van der Waals surface area contributed by atoms with Gasteiger partial charge in [0, 0.05) is 49.3 Å². The van der Waals surface area contributed by atoms with Crippen LogP contribution in [-0.4, -0.2) is 60.1 Å². The standard InChI is InChI=1S/C17H20ClN3O3S/c1-13(18)17(22)20-8-3-9-21(11-10-20)25(23,24)16-5-2-4-14-12-19-7-6-15(14)16/h2,4-7,12-13H,3,8-11H2,1H3. The molecule has 3 rings (SSSR count). The first-order valence-corrected chi connectivity index (χ1v) is 10.0. The minimum Gasteiger partial charge on any atom is -0.340 e. The van der Waals surface area contributed by atoms with Gasteiger partial charge in [-0.25, -0.2) is 8.42 Å². The van der Waals surface area contributed by atoms with E-state index in [1.165, 1.54) is 4.31 Å².